The Morgan fingerprint density at radius 1 is 0.432 bits per heavy atom. The Hall–Kier alpha value is -5.74. The van der Waals surface area contributed by atoms with Crippen LogP contribution in [0.1, 0.15) is 0 Å². The predicted molar refractivity (Wildman–Crippen MR) is 183 cm³/mol. The zero-order valence-electron chi connectivity index (χ0n) is 23.9. The number of fused-ring (bicyclic) bond motifs is 11. The number of benzene rings is 5. The van der Waals surface area contributed by atoms with Crippen molar-refractivity contribution in [1.29, 1.82) is 0 Å². The lowest BCUT2D eigenvalue weighted by atomic mass is 9.43. The molecule has 0 atom stereocenters. The maximum absolute atomic E-state index is 4.60. The van der Waals surface area contributed by atoms with Gasteiger partial charge in [-0.1, -0.05) is 97.1 Å². The van der Waals surface area contributed by atoms with E-state index in [1.54, 1.807) is 0 Å². The van der Waals surface area contributed by atoms with Crippen LogP contribution < -0.4 is 15.7 Å². The number of anilines is 2. The van der Waals surface area contributed by atoms with Crippen LogP contribution in [0, 0.1) is 0 Å². The Morgan fingerprint density at radius 2 is 1.02 bits per heavy atom. The van der Waals surface area contributed by atoms with Crippen molar-refractivity contribution in [3.63, 3.8) is 0 Å². The van der Waals surface area contributed by atoms with Crippen LogP contribution in [0.2, 0.25) is 0 Å². The molecule has 2 aliphatic rings. The van der Waals surface area contributed by atoms with Crippen LogP contribution in [0.4, 0.5) is 11.4 Å². The van der Waals surface area contributed by atoms with Crippen molar-refractivity contribution in [3.8, 4) is 55.8 Å². The van der Waals surface area contributed by atoms with E-state index in [0.717, 1.165) is 22.4 Å². The zero-order valence-corrected chi connectivity index (χ0v) is 23.9. The minimum absolute atomic E-state index is 0.0879. The highest BCUT2D eigenvalue weighted by Crippen LogP contribution is 2.47. The van der Waals surface area contributed by atoms with Gasteiger partial charge in [-0.25, -0.2) is 0 Å². The second kappa shape index (κ2) is 9.93. The summed E-state index contributed by atoms with van der Waals surface area (Å²) in [6.45, 7) is 0.0879. The fourth-order valence-corrected chi connectivity index (χ4v) is 7.00. The first kappa shape index (κ1) is 24.8. The average molecular weight is 559 g/mol. The SMILES string of the molecule is c1ccc(-c2ccc3c(c2)-c2ccccc2B2c4ccccc4-c4cc(-c5cncc(-c6ccccn6)c5)ccc4N23)cc1. The Labute approximate surface area is 257 Å². The molecule has 204 valence electrons. The summed E-state index contributed by atoms with van der Waals surface area (Å²) in [6, 6.07) is 50.4. The number of hydrogen-bond donors (Lipinski definition) is 0. The number of aromatic nitrogens is 2. The molecule has 0 bridgehead atoms. The highest BCUT2D eigenvalue weighted by Gasteiger charge is 2.42. The third-order valence-electron chi connectivity index (χ3n) is 9.00. The van der Waals surface area contributed by atoms with Crippen LogP contribution in [0.15, 0.2) is 158 Å². The van der Waals surface area contributed by atoms with Crippen LogP contribution in [-0.4, -0.2) is 16.8 Å². The minimum atomic E-state index is 0.0879. The maximum Gasteiger partial charge on any atom is 0.329 e. The largest absolute Gasteiger partial charge is 0.376 e. The van der Waals surface area contributed by atoms with Gasteiger partial charge < -0.3 is 4.81 Å². The molecule has 0 fully saturated rings. The molecule has 0 saturated heterocycles. The smallest absolute Gasteiger partial charge is 0.329 e. The Balaban J connectivity index is 1.24. The summed E-state index contributed by atoms with van der Waals surface area (Å²) >= 11 is 0. The summed E-state index contributed by atoms with van der Waals surface area (Å²) in [7, 11) is 0. The molecule has 44 heavy (non-hydrogen) atoms. The molecule has 3 nitrogen and oxygen atoms in total. The topological polar surface area (TPSA) is 29.0 Å². The molecule has 0 unspecified atom stereocenters. The molecule has 4 heteroatoms. The molecule has 4 heterocycles. The van der Waals surface area contributed by atoms with Gasteiger partial charge in [0.25, 0.3) is 0 Å². The molecular weight excluding hydrogens is 533 g/mol. The van der Waals surface area contributed by atoms with Crippen molar-refractivity contribution in [3.05, 3.63) is 158 Å². The van der Waals surface area contributed by atoms with Gasteiger partial charge in [0, 0.05) is 52.2 Å². The van der Waals surface area contributed by atoms with Crippen LogP contribution in [-0.2, 0) is 0 Å². The lowest BCUT2D eigenvalue weighted by Crippen LogP contribution is -2.59. The quantitative estimate of drug-likeness (QED) is 0.204. The van der Waals surface area contributed by atoms with Gasteiger partial charge >= 0.3 is 6.85 Å². The van der Waals surface area contributed by atoms with E-state index in [2.05, 4.69) is 136 Å². The number of pyridine rings is 2. The monoisotopic (exact) mass is 559 g/mol. The van der Waals surface area contributed by atoms with Crippen molar-refractivity contribution in [2.75, 3.05) is 4.81 Å². The lowest BCUT2D eigenvalue weighted by molar-refractivity contribution is 1.28. The molecule has 0 saturated carbocycles. The molecule has 0 amide bonds. The van der Waals surface area contributed by atoms with Gasteiger partial charge in [0.05, 0.1) is 5.69 Å². The fraction of sp³-hybridized carbons (Fsp3) is 0. The summed E-state index contributed by atoms with van der Waals surface area (Å²) < 4.78 is 0. The normalized spacial score (nSPS) is 12.5. The average Bonchev–Trinajstić information content (AvgIpc) is 3.12. The fourth-order valence-electron chi connectivity index (χ4n) is 7.00. The highest BCUT2D eigenvalue weighted by molar-refractivity contribution is 6.92. The predicted octanol–water partition coefficient (Wildman–Crippen LogP) is 8.38. The van der Waals surface area contributed by atoms with Crippen LogP contribution >= 0.6 is 0 Å². The van der Waals surface area contributed by atoms with Crippen LogP contribution in [0.3, 0.4) is 0 Å². The maximum atomic E-state index is 4.60. The molecule has 0 N–H and O–H groups in total. The second-order valence-electron chi connectivity index (χ2n) is 11.5. The number of nitrogens with zero attached hydrogens (tertiary/aromatic N) is 3. The molecule has 2 aromatic heterocycles. The first-order chi connectivity index (χ1) is 21.8. The van der Waals surface area contributed by atoms with Crippen molar-refractivity contribution in [2.24, 2.45) is 0 Å². The number of rotatable bonds is 3. The second-order valence-corrected chi connectivity index (χ2v) is 11.5. The third kappa shape index (κ3) is 3.85. The molecule has 5 aromatic carbocycles. The Morgan fingerprint density at radius 3 is 1.68 bits per heavy atom. The van der Waals surface area contributed by atoms with Crippen LogP contribution in [0.25, 0.3) is 55.8 Å². The lowest BCUT2D eigenvalue weighted by Gasteiger charge is -2.43. The first-order valence-electron chi connectivity index (χ1n) is 15.0. The molecular formula is C40H26BN3. The van der Waals surface area contributed by atoms with Crippen molar-refractivity contribution < 1.29 is 0 Å². The molecule has 2 aliphatic heterocycles. The van der Waals surface area contributed by atoms with Crippen molar-refractivity contribution in [2.45, 2.75) is 0 Å². The number of hydrogen-bond acceptors (Lipinski definition) is 3. The van der Waals surface area contributed by atoms with Gasteiger partial charge in [-0.15, -0.1) is 0 Å². The van der Waals surface area contributed by atoms with Gasteiger partial charge in [0.15, 0.2) is 0 Å². The van der Waals surface area contributed by atoms with Gasteiger partial charge in [0.1, 0.15) is 0 Å². The van der Waals surface area contributed by atoms with Crippen LogP contribution in [0.5, 0.6) is 0 Å². The van der Waals surface area contributed by atoms with E-state index in [9.17, 15) is 0 Å². The van der Waals surface area contributed by atoms with Gasteiger partial charge in [-0.3, -0.25) is 9.97 Å². The van der Waals surface area contributed by atoms with Crippen molar-refractivity contribution in [1.82, 2.24) is 9.97 Å². The van der Waals surface area contributed by atoms with E-state index < -0.39 is 0 Å². The molecule has 7 aromatic rings. The minimum Gasteiger partial charge on any atom is -0.376 e. The van der Waals surface area contributed by atoms with E-state index in [1.165, 1.54) is 55.7 Å². The van der Waals surface area contributed by atoms with Gasteiger partial charge in [-0.05, 0) is 81.2 Å². The molecule has 0 aliphatic carbocycles. The standard InChI is InChI=1S/C40H26BN3/c1-2-10-27(11-3-1)28-17-19-39-34(23-28)32-12-4-6-14-36(32)41-37-15-7-5-13-33(37)35-24-29(18-20-40(35)44(39)41)30-22-31(26-42-25-30)38-16-8-9-21-43-38/h1-26H. The summed E-state index contributed by atoms with van der Waals surface area (Å²) in [6.07, 6.45) is 5.66. The Bertz CT molecular complexity index is 2190. The van der Waals surface area contributed by atoms with E-state index in [1.807, 2.05) is 36.8 Å². The summed E-state index contributed by atoms with van der Waals surface area (Å²) in [4.78, 5) is 11.7. The Kier molecular flexibility index (Phi) is 5.60. The van der Waals surface area contributed by atoms with Crippen molar-refractivity contribution >= 4 is 29.1 Å². The summed E-state index contributed by atoms with van der Waals surface area (Å²) in [5, 5.41) is 0. The molecule has 9 rings (SSSR count). The van der Waals surface area contributed by atoms with E-state index >= 15 is 0 Å². The van der Waals surface area contributed by atoms with E-state index in [0.29, 0.717) is 0 Å². The first-order valence-corrected chi connectivity index (χ1v) is 15.0. The summed E-state index contributed by atoms with van der Waals surface area (Å²) in [5.41, 5.74) is 16.8. The highest BCUT2D eigenvalue weighted by atomic mass is 15.1. The van der Waals surface area contributed by atoms with Gasteiger partial charge in [0.2, 0.25) is 0 Å². The van der Waals surface area contributed by atoms with E-state index in [4.69, 9.17) is 0 Å². The third-order valence-corrected chi connectivity index (χ3v) is 9.00. The zero-order chi connectivity index (χ0) is 29.0. The van der Waals surface area contributed by atoms with E-state index in [-0.39, 0.29) is 6.85 Å². The summed E-state index contributed by atoms with van der Waals surface area (Å²) in [5.74, 6) is 0. The molecule has 0 radical (unpaired) electrons. The molecule has 0 spiro atoms. The van der Waals surface area contributed by atoms with Gasteiger partial charge in [-0.2, -0.15) is 0 Å².